The second-order valence-electron chi connectivity index (χ2n) is 7.88. The van der Waals surface area contributed by atoms with Crippen LogP contribution in [-0.4, -0.2) is 33.1 Å². The Morgan fingerprint density at radius 2 is 1.60 bits per heavy atom. The molecule has 0 aliphatic carbocycles. The summed E-state index contributed by atoms with van der Waals surface area (Å²) >= 11 is 0. The maximum absolute atomic E-state index is 12.8. The number of anilines is 1. The minimum absolute atomic E-state index is 0.154. The van der Waals surface area contributed by atoms with Gasteiger partial charge < -0.3 is 25.7 Å². The normalized spacial score (nSPS) is 15.1. The number of hydrogen-bond acceptors (Lipinski definition) is 5. The minimum atomic E-state index is -4.43. The summed E-state index contributed by atoms with van der Waals surface area (Å²) in [5.41, 5.74) is -0.191. The number of hydrogen-bond donors (Lipinski definition) is 5. The van der Waals surface area contributed by atoms with Gasteiger partial charge in [0.1, 0.15) is 11.5 Å². The topological polar surface area (TPSA) is 93.0 Å². The molecule has 166 valence electrons. The molecule has 30 heavy (non-hydrogen) atoms. The zero-order chi connectivity index (χ0) is 22.5. The standard InChI is InChI=1S/C22H28F3NO4/c1-13(2)8-19(21(30)14-9-17(27)12-18(28)10-14)20(29)6-7-26-16-5-3-4-15(11-16)22(23,24)25/h3-5,9-13,19-21,26-30H,6-8H2,1-2H3/t19-,20-,21+/m1/s1. The van der Waals surface area contributed by atoms with Crippen molar-refractivity contribution < 1.29 is 33.6 Å². The lowest BCUT2D eigenvalue weighted by atomic mass is 9.83. The molecule has 0 saturated carbocycles. The fourth-order valence-electron chi connectivity index (χ4n) is 3.46. The van der Waals surface area contributed by atoms with Crippen LogP contribution in [0.1, 0.15) is 43.9 Å². The van der Waals surface area contributed by atoms with E-state index in [1.165, 1.54) is 24.3 Å². The number of aliphatic hydroxyl groups is 2. The summed E-state index contributed by atoms with van der Waals surface area (Å²) in [4.78, 5) is 0. The summed E-state index contributed by atoms with van der Waals surface area (Å²) in [5.74, 6) is -0.836. The van der Waals surface area contributed by atoms with Gasteiger partial charge in [-0.2, -0.15) is 13.2 Å². The van der Waals surface area contributed by atoms with Crippen molar-refractivity contribution in [1.82, 2.24) is 0 Å². The zero-order valence-electron chi connectivity index (χ0n) is 16.9. The Kier molecular flexibility index (Phi) is 7.97. The van der Waals surface area contributed by atoms with Crippen LogP contribution in [0.2, 0.25) is 0 Å². The minimum Gasteiger partial charge on any atom is -0.508 e. The fourth-order valence-corrected chi connectivity index (χ4v) is 3.46. The molecule has 8 heteroatoms. The van der Waals surface area contributed by atoms with Gasteiger partial charge in [0, 0.05) is 24.2 Å². The molecule has 2 aromatic carbocycles. The van der Waals surface area contributed by atoms with E-state index in [4.69, 9.17) is 0 Å². The molecule has 0 aliphatic heterocycles. The highest BCUT2D eigenvalue weighted by molar-refractivity contribution is 5.46. The van der Waals surface area contributed by atoms with E-state index in [1.54, 1.807) is 0 Å². The van der Waals surface area contributed by atoms with Crippen LogP contribution >= 0.6 is 0 Å². The second-order valence-corrected chi connectivity index (χ2v) is 7.88. The van der Waals surface area contributed by atoms with Crippen molar-refractivity contribution in [2.75, 3.05) is 11.9 Å². The zero-order valence-corrected chi connectivity index (χ0v) is 16.9. The van der Waals surface area contributed by atoms with E-state index in [9.17, 15) is 33.6 Å². The molecule has 3 atom stereocenters. The number of aliphatic hydroxyl groups excluding tert-OH is 2. The number of nitrogens with one attached hydrogen (secondary N) is 1. The molecule has 0 radical (unpaired) electrons. The lowest BCUT2D eigenvalue weighted by molar-refractivity contribution is -0.137. The van der Waals surface area contributed by atoms with Crippen LogP contribution < -0.4 is 5.32 Å². The number of benzene rings is 2. The highest BCUT2D eigenvalue weighted by Gasteiger charge is 2.31. The molecule has 0 unspecified atom stereocenters. The monoisotopic (exact) mass is 427 g/mol. The maximum atomic E-state index is 12.8. The smallest absolute Gasteiger partial charge is 0.416 e. The second kappa shape index (κ2) is 10.0. The third-order valence-electron chi connectivity index (χ3n) is 4.87. The summed E-state index contributed by atoms with van der Waals surface area (Å²) in [6, 6.07) is 8.60. The third-order valence-corrected chi connectivity index (χ3v) is 4.87. The highest BCUT2D eigenvalue weighted by atomic mass is 19.4. The van der Waals surface area contributed by atoms with Crippen molar-refractivity contribution in [1.29, 1.82) is 0 Å². The lowest BCUT2D eigenvalue weighted by Crippen LogP contribution is -2.30. The first-order chi connectivity index (χ1) is 14.0. The Bertz CT molecular complexity index is 806. The number of rotatable bonds is 9. The number of aromatic hydroxyl groups is 2. The quantitative estimate of drug-likeness (QED) is 0.401. The van der Waals surface area contributed by atoms with Gasteiger partial charge in [-0.1, -0.05) is 19.9 Å². The van der Waals surface area contributed by atoms with E-state index in [0.717, 1.165) is 18.2 Å². The molecule has 0 spiro atoms. The van der Waals surface area contributed by atoms with Crippen LogP contribution in [-0.2, 0) is 6.18 Å². The average Bonchev–Trinajstić information content (AvgIpc) is 2.64. The largest absolute Gasteiger partial charge is 0.508 e. The lowest BCUT2D eigenvalue weighted by Gasteiger charge is -2.30. The van der Waals surface area contributed by atoms with E-state index in [1.807, 2.05) is 13.8 Å². The molecular formula is C22H28F3NO4. The predicted octanol–water partition coefficient (Wildman–Crippen LogP) is 4.68. The summed E-state index contributed by atoms with van der Waals surface area (Å²) in [7, 11) is 0. The number of alkyl halides is 3. The molecule has 0 amide bonds. The van der Waals surface area contributed by atoms with Gasteiger partial charge >= 0.3 is 6.18 Å². The summed E-state index contributed by atoms with van der Waals surface area (Å²) < 4.78 is 38.5. The summed E-state index contributed by atoms with van der Waals surface area (Å²) in [6.07, 6.45) is -5.85. The first kappa shape index (κ1) is 23.8. The van der Waals surface area contributed by atoms with Crippen molar-refractivity contribution >= 4 is 5.69 Å². The third kappa shape index (κ3) is 6.81. The van der Waals surface area contributed by atoms with E-state index >= 15 is 0 Å². The van der Waals surface area contributed by atoms with Crippen molar-refractivity contribution in [3.8, 4) is 11.5 Å². The van der Waals surface area contributed by atoms with Gasteiger partial charge in [-0.15, -0.1) is 0 Å². The van der Waals surface area contributed by atoms with Gasteiger partial charge in [0.15, 0.2) is 0 Å². The molecule has 0 aromatic heterocycles. The number of halogens is 3. The molecular weight excluding hydrogens is 399 g/mol. The Labute approximate surface area is 173 Å². The molecule has 5 N–H and O–H groups in total. The molecule has 0 bridgehead atoms. The first-order valence-corrected chi connectivity index (χ1v) is 9.77. The van der Waals surface area contributed by atoms with E-state index in [-0.39, 0.29) is 41.6 Å². The Morgan fingerprint density at radius 1 is 0.967 bits per heavy atom. The molecule has 5 nitrogen and oxygen atoms in total. The summed E-state index contributed by atoms with van der Waals surface area (Å²) in [5, 5.41) is 43.7. The molecule has 2 aromatic rings. The van der Waals surface area contributed by atoms with Crippen LogP contribution in [0.5, 0.6) is 11.5 Å². The van der Waals surface area contributed by atoms with E-state index in [2.05, 4.69) is 5.32 Å². The van der Waals surface area contributed by atoms with Crippen LogP contribution in [0.25, 0.3) is 0 Å². The van der Waals surface area contributed by atoms with Gasteiger partial charge in [0.05, 0.1) is 17.8 Å². The van der Waals surface area contributed by atoms with Crippen molar-refractivity contribution in [3.05, 3.63) is 53.6 Å². The Balaban J connectivity index is 2.06. The maximum Gasteiger partial charge on any atom is 0.416 e. The van der Waals surface area contributed by atoms with Gasteiger partial charge in [0.2, 0.25) is 0 Å². The van der Waals surface area contributed by atoms with Crippen LogP contribution in [0.3, 0.4) is 0 Å². The van der Waals surface area contributed by atoms with Crippen LogP contribution in [0.4, 0.5) is 18.9 Å². The molecule has 0 saturated heterocycles. The van der Waals surface area contributed by atoms with E-state index < -0.39 is 29.9 Å². The first-order valence-electron chi connectivity index (χ1n) is 9.77. The summed E-state index contributed by atoms with van der Waals surface area (Å²) in [6.45, 7) is 4.08. The van der Waals surface area contributed by atoms with Gasteiger partial charge in [0.25, 0.3) is 0 Å². The highest BCUT2D eigenvalue weighted by Crippen LogP contribution is 2.35. The SMILES string of the molecule is CC(C)C[C@H]([C@H](O)CCNc1cccc(C(F)(F)F)c1)[C@@H](O)c1cc(O)cc(O)c1. The molecule has 2 rings (SSSR count). The average molecular weight is 427 g/mol. The van der Waals surface area contributed by atoms with Crippen LogP contribution in [0, 0.1) is 11.8 Å². The number of phenolic OH excluding ortho intramolecular Hbond substituents is 2. The molecule has 0 heterocycles. The molecule has 0 fully saturated rings. The van der Waals surface area contributed by atoms with Crippen molar-refractivity contribution in [3.63, 3.8) is 0 Å². The Hall–Kier alpha value is -2.45. The van der Waals surface area contributed by atoms with Crippen molar-refractivity contribution in [2.45, 2.75) is 45.1 Å². The van der Waals surface area contributed by atoms with Gasteiger partial charge in [-0.3, -0.25) is 0 Å². The fraction of sp³-hybridized carbons (Fsp3) is 0.455. The molecule has 0 aliphatic rings. The van der Waals surface area contributed by atoms with Gasteiger partial charge in [-0.05, 0) is 54.7 Å². The van der Waals surface area contributed by atoms with Gasteiger partial charge in [-0.25, -0.2) is 0 Å². The predicted molar refractivity (Wildman–Crippen MR) is 108 cm³/mol. The number of phenols is 2. The van der Waals surface area contributed by atoms with Crippen LogP contribution in [0.15, 0.2) is 42.5 Å². The Morgan fingerprint density at radius 3 is 2.17 bits per heavy atom. The van der Waals surface area contributed by atoms with E-state index in [0.29, 0.717) is 6.42 Å². The van der Waals surface area contributed by atoms with Crippen molar-refractivity contribution in [2.24, 2.45) is 11.8 Å².